The van der Waals surface area contributed by atoms with Gasteiger partial charge in [0.2, 0.25) is 5.91 Å². The van der Waals surface area contributed by atoms with Crippen molar-refractivity contribution in [1.82, 2.24) is 10.6 Å². The molecule has 1 heterocycles. The van der Waals surface area contributed by atoms with Crippen LogP contribution in [0.4, 0.5) is 5.69 Å². The second-order valence-electron chi connectivity index (χ2n) is 7.29. The van der Waals surface area contributed by atoms with Gasteiger partial charge in [0.05, 0.1) is 5.56 Å². The lowest BCUT2D eigenvalue weighted by molar-refractivity contribution is -0.125. The van der Waals surface area contributed by atoms with E-state index in [1.165, 1.54) is 7.11 Å². The van der Waals surface area contributed by atoms with Crippen molar-refractivity contribution >= 4 is 17.5 Å². The van der Waals surface area contributed by atoms with Gasteiger partial charge in [-0.25, -0.2) is 0 Å². The summed E-state index contributed by atoms with van der Waals surface area (Å²) in [5, 5.41) is 6.09. The number of hydrogen-bond acceptors (Lipinski definition) is 4. The molecule has 6 heteroatoms. The highest BCUT2D eigenvalue weighted by Gasteiger charge is 2.24. The summed E-state index contributed by atoms with van der Waals surface area (Å²) >= 11 is 0. The van der Waals surface area contributed by atoms with Crippen molar-refractivity contribution in [2.75, 3.05) is 31.7 Å². The molecule has 1 aromatic carbocycles. The molecule has 1 atom stereocenters. The molecule has 144 valence electrons. The van der Waals surface area contributed by atoms with Crippen molar-refractivity contribution in [3.63, 3.8) is 0 Å². The molecule has 0 bridgehead atoms. The van der Waals surface area contributed by atoms with Crippen LogP contribution in [-0.4, -0.2) is 50.7 Å². The highest BCUT2D eigenvalue weighted by molar-refractivity contribution is 6.00. The van der Waals surface area contributed by atoms with Crippen molar-refractivity contribution in [2.24, 2.45) is 5.92 Å². The minimum absolute atomic E-state index is 0.0303. The number of carbonyl (C=O) groups excluding carboxylic acids is 2. The van der Waals surface area contributed by atoms with Gasteiger partial charge < -0.3 is 20.3 Å². The van der Waals surface area contributed by atoms with Crippen molar-refractivity contribution in [3.05, 3.63) is 29.8 Å². The minimum atomic E-state index is -0.0756. The Labute approximate surface area is 156 Å². The van der Waals surface area contributed by atoms with E-state index in [0.717, 1.165) is 31.6 Å². The molecular formula is C20H31N3O3. The fourth-order valence-electron chi connectivity index (χ4n) is 3.06. The molecule has 0 spiro atoms. The Kier molecular flexibility index (Phi) is 7.45. The standard InChI is InChI=1S/C20H31N3O3/c1-14(2)15(3)21-20(25)17-7-5-6-8-18(17)23-11-9-16(10-12-23)22-19(24)13-26-4/h5-8,14-16H,9-13H2,1-4H3,(H,21,25)(H,22,24)/t15-/m1/s1. The first-order chi connectivity index (χ1) is 12.4. The molecular weight excluding hydrogens is 330 g/mol. The molecule has 2 amide bonds. The van der Waals surface area contributed by atoms with E-state index in [2.05, 4.69) is 29.4 Å². The zero-order valence-electron chi connectivity index (χ0n) is 16.2. The van der Waals surface area contributed by atoms with E-state index in [0.29, 0.717) is 11.5 Å². The lowest BCUT2D eigenvalue weighted by Crippen LogP contribution is -2.46. The van der Waals surface area contributed by atoms with Crippen LogP contribution in [0.5, 0.6) is 0 Å². The summed E-state index contributed by atoms with van der Waals surface area (Å²) in [5.41, 5.74) is 1.67. The number of methoxy groups -OCH3 is 1. The predicted octanol–water partition coefficient (Wildman–Crippen LogP) is 2.19. The first-order valence-corrected chi connectivity index (χ1v) is 9.35. The van der Waals surface area contributed by atoms with E-state index < -0.39 is 0 Å². The zero-order chi connectivity index (χ0) is 19.1. The smallest absolute Gasteiger partial charge is 0.253 e. The Morgan fingerprint density at radius 1 is 1.19 bits per heavy atom. The number of ether oxygens (including phenoxy) is 1. The molecule has 2 rings (SSSR count). The first-order valence-electron chi connectivity index (χ1n) is 9.35. The highest BCUT2D eigenvalue weighted by atomic mass is 16.5. The molecule has 0 aromatic heterocycles. The number of nitrogens with one attached hydrogen (secondary N) is 2. The largest absolute Gasteiger partial charge is 0.375 e. The summed E-state index contributed by atoms with van der Waals surface area (Å²) in [6, 6.07) is 8.02. The summed E-state index contributed by atoms with van der Waals surface area (Å²) in [6.07, 6.45) is 1.71. The summed E-state index contributed by atoms with van der Waals surface area (Å²) in [5.74, 6) is 0.281. The van der Waals surface area contributed by atoms with Crippen LogP contribution in [0, 0.1) is 5.92 Å². The van der Waals surface area contributed by atoms with Gasteiger partial charge in [-0.1, -0.05) is 26.0 Å². The van der Waals surface area contributed by atoms with Gasteiger partial charge in [0.25, 0.3) is 5.91 Å². The number of para-hydroxylation sites is 1. The van der Waals surface area contributed by atoms with Crippen LogP contribution in [0.15, 0.2) is 24.3 Å². The van der Waals surface area contributed by atoms with Crippen LogP contribution >= 0.6 is 0 Å². The van der Waals surface area contributed by atoms with E-state index in [4.69, 9.17) is 4.74 Å². The summed E-state index contributed by atoms with van der Waals surface area (Å²) in [4.78, 5) is 26.6. The molecule has 1 aromatic rings. The number of anilines is 1. The first kappa shape index (κ1) is 20.2. The SMILES string of the molecule is COCC(=O)NC1CCN(c2ccccc2C(=O)N[C@H](C)C(C)C)CC1. The van der Waals surface area contributed by atoms with Crippen LogP contribution in [0.25, 0.3) is 0 Å². The molecule has 0 saturated carbocycles. The highest BCUT2D eigenvalue weighted by Crippen LogP contribution is 2.24. The Morgan fingerprint density at radius 2 is 1.85 bits per heavy atom. The fraction of sp³-hybridized carbons (Fsp3) is 0.600. The number of rotatable bonds is 7. The van der Waals surface area contributed by atoms with Gasteiger partial charge >= 0.3 is 0 Å². The lowest BCUT2D eigenvalue weighted by atomic mass is 10.0. The van der Waals surface area contributed by atoms with E-state index in [1.807, 2.05) is 31.2 Å². The third-order valence-corrected chi connectivity index (χ3v) is 4.98. The zero-order valence-corrected chi connectivity index (χ0v) is 16.2. The van der Waals surface area contributed by atoms with Crippen LogP contribution < -0.4 is 15.5 Å². The number of amides is 2. The fourth-order valence-corrected chi connectivity index (χ4v) is 3.06. The van der Waals surface area contributed by atoms with Crippen molar-refractivity contribution in [1.29, 1.82) is 0 Å². The maximum atomic E-state index is 12.7. The van der Waals surface area contributed by atoms with Gasteiger partial charge in [0.15, 0.2) is 0 Å². The van der Waals surface area contributed by atoms with Crippen LogP contribution in [0.2, 0.25) is 0 Å². The monoisotopic (exact) mass is 361 g/mol. The third kappa shape index (κ3) is 5.46. The number of nitrogens with zero attached hydrogens (tertiary/aromatic N) is 1. The van der Waals surface area contributed by atoms with E-state index >= 15 is 0 Å². The number of hydrogen-bond donors (Lipinski definition) is 2. The van der Waals surface area contributed by atoms with Gasteiger partial charge in [-0.05, 0) is 37.8 Å². The second kappa shape index (κ2) is 9.57. The maximum absolute atomic E-state index is 12.7. The van der Waals surface area contributed by atoms with Gasteiger partial charge in [-0.15, -0.1) is 0 Å². The average molecular weight is 361 g/mol. The van der Waals surface area contributed by atoms with Crippen molar-refractivity contribution in [2.45, 2.75) is 45.7 Å². The van der Waals surface area contributed by atoms with Gasteiger partial charge in [0.1, 0.15) is 6.61 Å². The Balaban J connectivity index is 2.00. The number of carbonyl (C=O) groups is 2. The van der Waals surface area contributed by atoms with Crippen LogP contribution in [-0.2, 0) is 9.53 Å². The Morgan fingerprint density at radius 3 is 2.46 bits per heavy atom. The maximum Gasteiger partial charge on any atom is 0.253 e. The van der Waals surface area contributed by atoms with Crippen molar-refractivity contribution < 1.29 is 14.3 Å². The Hall–Kier alpha value is -2.08. The lowest BCUT2D eigenvalue weighted by Gasteiger charge is -2.35. The van der Waals surface area contributed by atoms with E-state index in [1.54, 1.807) is 0 Å². The molecule has 1 fully saturated rings. The van der Waals surface area contributed by atoms with E-state index in [9.17, 15) is 9.59 Å². The van der Waals surface area contributed by atoms with Crippen LogP contribution in [0.3, 0.4) is 0 Å². The molecule has 0 unspecified atom stereocenters. The normalized spacial score (nSPS) is 16.4. The van der Waals surface area contributed by atoms with Gasteiger partial charge in [-0.2, -0.15) is 0 Å². The number of piperidine rings is 1. The quantitative estimate of drug-likeness (QED) is 0.781. The average Bonchev–Trinajstić information content (AvgIpc) is 2.62. The third-order valence-electron chi connectivity index (χ3n) is 4.98. The van der Waals surface area contributed by atoms with Gasteiger partial charge in [-0.3, -0.25) is 9.59 Å². The molecule has 1 aliphatic rings. The summed E-state index contributed by atoms with van der Waals surface area (Å²) < 4.78 is 4.86. The molecule has 1 saturated heterocycles. The summed E-state index contributed by atoms with van der Waals surface area (Å²) in [6.45, 7) is 7.93. The molecule has 1 aliphatic heterocycles. The molecule has 26 heavy (non-hydrogen) atoms. The molecule has 0 radical (unpaired) electrons. The molecule has 6 nitrogen and oxygen atoms in total. The second-order valence-corrected chi connectivity index (χ2v) is 7.29. The Bertz CT molecular complexity index is 610. The predicted molar refractivity (Wildman–Crippen MR) is 103 cm³/mol. The molecule has 2 N–H and O–H groups in total. The van der Waals surface area contributed by atoms with Crippen molar-refractivity contribution in [3.8, 4) is 0 Å². The number of benzene rings is 1. The van der Waals surface area contributed by atoms with Crippen LogP contribution in [0.1, 0.15) is 44.0 Å². The minimum Gasteiger partial charge on any atom is -0.375 e. The topological polar surface area (TPSA) is 70.7 Å². The van der Waals surface area contributed by atoms with Gasteiger partial charge in [0, 0.05) is 38.0 Å². The molecule has 0 aliphatic carbocycles. The van der Waals surface area contributed by atoms with E-state index in [-0.39, 0.29) is 30.5 Å². The summed E-state index contributed by atoms with van der Waals surface area (Å²) in [7, 11) is 1.52.